The molecule has 1 aromatic rings. The molecule has 1 heterocycles. The first kappa shape index (κ1) is 16.0. The van der Waals surface area contributed by atoms with Crippen LogP contribution in [0.2, 0.25) is 0 Å². The Morgan fingerprint density at radius 1 is 1.18 bits per heavy atom. The van der Waals surface area contributed by atoms with Gasteiger partial charge in [-0.3, -0.25) is 9.59 Å². The maximum atomic E-state index is 11.8. The lowest BCUT2D eigenvalue weighted by Gasteiger charge is -2.16. The Morgan fingerprint density at radius 3 is 2.36 bits per heavy atom. The van der Waals surface area contributed by atoms with Crippen molar-refractivity contribution in [2.75, 3.05) is 0 Å². The molecule has 0 fully saturated rings. The van der Waals surface area contributed by atoms with Gasteiger partial charge in [0.25, 0.3) is 0 Å². The lowest BCUT2D eigenvalue weighted by Crippen LogP contribution is -2.25. The molecule has 0 aromatic heterocycles. The Bertz CT molecular complexity index is 598. The first-order chi connectivity index (χ1) is 10.3. The minimum atomic E-state index is -0.556. The molecule has 0 saturated carbocycles. The van der Waals surface area contributed by atoms with E-state index in [1.807, 2.05) is 0 Å². The van der Waals surface area contributed by atoms with Gasteiger partial charge in [-0.1, -0.05) is 17.3 Å². The number of hydrogen-bond donors (Lipinski definition) is 0. The van der Waals surface area contributed by atoms with E-state index in [1.165, 1.54) is 6.92 Å². The van der Waals surface area contributed by atoms with Crippen molar-refractivity contribution in [2.45, 2.75) is 40.2 Å². The molecule has 1 aliphatic heterocycles. The second kappa shape index (κ2) is 6.17. The van der Waals surface area contributed by atoms with Gasteiger partial charge in [-0.2, -0.15) is 0 Å². The van der Waals surface area contributed by atoms with E-state index in [4.69, 9.17) is 14.3 Å². The number of esters is 2. The van der Waals surface area contributed by atoms with E-state index in [2.05, 4.69) is 5.16 Å². The van der Waals surface area contributed by atoms with Crippen molar-refractivity contribution < 1.29 is 23.9 Å². The van der Waals surface area contributed by atoms with Gasteiger partial charge in [-0.05, 0) is 38.5 Å². The first-order valence-corrected chi connectivity index (χ1v) is 6.99. The number of oxime groups is 1. The van der Waals surface area contributed by atoms with Crippen LogP contribution in [-0.4, -0.2) is 17.8 Å². The number of carbonyl (C=O) groups excluding carboxylic acids is 2. The summed E-state index contributed by atoms with van der Waals surface area (Å²) in [7, 11) is 0. The van der Waals surface area contributed by atoms with Crippen molar-refractivity contribution in [3.05, 3.63) is 29.8 Å². The zero-order valence-electron chi connectivity index (χ0n) is 13.1. The topological polar surface area (TPSA) is 74.2 Å². The van der Waals surface area contributed by atoms with Gasteiger partial charge in [0.15, 0.2) is 6.10 Å². The van der Waals surface area contributed by atoms with Crippen molar-refractivity contribution in [1.82, 2.24) is 0 Å². The SMILES string of the molecule is CC(=O)OC1=NOC(c2ccc(OC(=O)C(C)(C)C)cc2)C1. The highest BCUT2D eigenvalue weighted by molar-refractivity contribution is 5.88. The van der Waals surface area contributed by atoms with Crippen molar-refractivity contribution in [3.63, 3.8) is 0 Å². The maximum Gasteiger partial charge on any atom is 0.316 e. The predicted octanol–water partition coefficient (Wildman–Crippen LogP) is 2.98. The van der Waals surface area contributed by atoms with Crippen molar-refractivity contribution in [1.29, 1.82) is 0 Å². The second-order valence-electron chi connectivity index (χ2n) is 6.09. The minimum Gasteiger partial charge on any atom is -0.426 e. The third kappa shape index (κ3) is 4.07. The van der Waals surface area contributed by atoms with Gasteiger partial charge < -0.3 is 14.3 Å². The van der Waals surface area contributed by atoms with Crippen LogP contribution in [-0.2, 0) is 19.2 Å². The Hall–Kier alpha value is -2.37. The molecular formula is C16H19NO5. The van der Waals surface area contributed by atoms with Gasteiger partial charge in [0.05, 0.1) is 11.8 Å². The van der Waals surface area contributed by atoms with Crippen LogP contribution in [0.5, 0.6) is 5.75 Å². The summed E-state index contributed by atoms with van der Waals surface area (Å²) in [5.41, 5.74) is 0.307. The molecule has 6 heteroatoms. The van der Waals surface area contributed by atoms with Crippen LogP contribution >= 0.6 is 0 Å². The zero-order chi connectivity index (χ0) is 16.3. The van der Waals surface area contributed by atoms with Gasteiger partial charge in [-0.15, -0.1) is 0 Å². The van der Waals surface area contributed by atoms with E-state index in [1.54, 1.807) is 45.0 Å². The molecule has 1 aromatic carbocycles. The Kier molecular flexibility index (Phi) is 4.49. The monoisotopic (exact) mass is 305 g/mol. The van der Waals surface area contributed by atoms with Crippen molar-refractivity contribution in [2.24, 2.45) is 10.6 Å². The Morgan fingerprint density at radius 2 is 1.82 bits per heavy atom. The molecule has 0 N–H and O–H groups in total. The van der Waals surface area contributed by atoms with Crippen LogP contribution in [0.15, 0.2) is 29.4 Å². The molecule has 1 unspecified atom stereocenters. The second-order valence-corrected chi connectivity index (χ2v) is 6.09. The first-order valence-electron chi connectivity index (χ1n) is 6.99. The fraction of sp³-hybridized carbons (Fsp3) is 0.438. The number of ether oxygens (including phenoxy) is 2. The highest BCUT2D eigenvalue weighted by atomic mass is 16.7. The number of hydrogen-bond acceptors (Lipinski definition) is 6. The number of nitrogens with zero attached hydrogens (tertiary/aromatic N) is 1. The molecule has 0 radical (unpaired) electrons. The zero-order valence-corrected chi connectivity index (χ0v) is 13.1. The quantitative estimate of drug-likeness (QED) is 0.620. The van der Waals surface area contributed by atoms with Gasteiger partial charge in [0.2, 0.25) is 5.90 Å². The summed E-state index contributed by atoms with van der Waals surface area (Å²) < 4.78 is 10.2. The third-order valence-corrected chi connectivity index (χ3v) is 2.98. The van der Waals surface area contributed by atoms with Crippen LogP contribution in [0.1, 0.15) is 45.8 Å². The third-order valence-electron chi connectivity index (χ3n) is 2.98. The lowest BCUT2D eigenvalue weighted by molar-refractivity contribution is -0.143. The van der Waals surface area contributed by atoms with Gasteiger partial charge in [-0.25, -0.2) is 0 Å². The molecule has 1 aliphatic rings. The fourth-order valence-electron chi connectivity index (χ4n) is 1.77. The summed E-state index contributed by atoms with van der Waals surface area (Å²) in [5, 5.41) is 3.73. The lowest BCUT2D eigenvalue weighted by atomic mass is 9.97. The van der Waals surface area contributed by atoms with Gasteiger partial charge in [0, 0.05) is 6.92 Å². The summed E-state index contributed by atoms with van der Waals surface area (Å²) in [6.07, 6.45) is 0.0856. The van der Waals surface area contributed by atoms with Crippen LogP contribution in [0, 0.1) is 5.41 Å². The molecule has 1 atom stereocenters. The molecule has 0 aliphatic carbocycles. The van der Waals surface area contributed by atoms with E-state index in [0.717, 1.165) is 5.56 Å². The predicted molar refractivity (Wildman–Crippen MR) is 79.2 cm³/mol. The number of carbonyl (C=O) groups is 2. The highest BCUT2D eigenvalue weighted by Crippen LogP contribution is 2.29. The maximum absolute atomic E-state index is 11.8. The Balaban J connectivity index is 1.96. The standard InChI is InChI=1S/C16H19NO5/c1-10(18)20-14-9-13(22-17-14)11-5-7-12(8-6-11)21-15(19)16(2,3)4/h5-8,13H,9H2,1-4H3. The summed E-state index contributed by atoms with van der Waals surface area (Å²) >= 11 is 0. The van der Waals surface area contributed by atoms with E-state index >= 15 is 0 Å². The normalized spacial score (nSPS) is 17.5. The molecule has 118 valence electrons. The molecule has 0 saturated heterocycles. The van der Waals surface area contributed by atoms with Gasteiger partial charge in [0.1, 0.15) is 5.75 Å². The van der Waals surface area contributed by atoms with Crippen LogP contribution < -0.4 is 4.74 Å². The minimum absolute atomic E-state index is 0.265. The largest absolute Gasteiger partial charge is 0.426 e. The molecule has 0 spiro atoms. The summed E-state index contributed by atoms with van der Waals surface area (Å²) in [4.78, 5) is 27.9. The molecule has 0 amide bonds. The average molecular weight is 305 g/mol. The number of benzene rings is 1. The molecular weight excluding hydrogens is 286 g/mol. The van der Waals surface area contributed by atoms with E-state index < -0.39 is 11.4 Å². The average Bonchev–Trinajstić information content (AvgIpc) is 2.86. The number of rotatable bonds is 2. The van der Waals surface area contributed by atoms with E-state index in [0.29, 0.717) is 12.2 Å². The smallest absolute Gasteiger partial charge is 0.316 e. The molecule has 0 bridgehead atoms. The van der Waals surface area contributed by atoms with E-state index in [-0.39, 0.29) is 18.0 Å². The summed E-state index contributed by atoms with van der Waals surface area (Å²) in [6.45, 7) is 6.70. The molecule has 6 nitrogen and oxygen atoms in total. The van der Waals surface area contributed by atoms with Crippen molar-refractivity contribution in [3.8, 4) is 5.75 Å². The van der Waals surface area contributed by atoms with E-state index in [9.17, 15) is 9.59 Å². The molecule has 2 rings (SSSR count). The summed E-state index contributed by atoms with van der Waals surface area (Å²) in [6, 6.07) is 6.99. The van der Waals surface area contributed by atoms with Crippen LogP contribution in [0.25, 0.3) is 0 Å². The summed E-state index contributed by atoms with van der Waals surface area (Å²) in [5.74, 6) is 0.0221. The van der Waals surface area contributed by atoms with Crippen LogP contribution in [0.4, 0.5) is 0 Å². The van der Waals surface area contributed by atoms with Gasteiger partial charge >= 0.3 is 11.9 Å². The molecule has 22 heavy (non-hydrogen) atoms. The van der Waals surface area contributed by atoms with Crippen molar-refractivity contribution >= 4 is 17.8 Å². The fourth-order valence-corrected chi connectivity index (χ4v) is 1.77. The van der Waals surface area contributed by atoms with Crippen LogP contribution in [0.3, 0.4) is 0 Å². The Labute approximate surface area is 129 Å². The highest BCUT2D eigenvalue weighted by Gasteiger charge is 2.26.